The molecule has 3 N–H and O–H groups in total. The molecule has 0 bridgehead atoms. The van der Waals surface area contributed by atoms with Crippen LogP contribution in [0.4, 0.5) is 0 Å². The van der Waals surface area contributed by atoms with Crippen molar-refractivity contribution in [3.8, 4) is 0 Å². The van der Waals surface area contributed by atoms with Gasteiger partial charge in [-0.05, 0) is 37.0 Å². The van der Waals surface area contributed by atoms with E-state index >= 15 is 0 Å². The zero-order valence-electron chi connectivity index (χ0n) is 20.5. The first-order valence-corrected chi connectivity index (χ1v) is 12.4. The summed E-state index contributed by atoms with van der Waals surface area (Å²) < 4.78 is 0. The van der Waals surface area contributed by atoms with E-state index in [2.05, 4.69) is 20.5 Å². The van der Waals surface area contributed by atoms with Crippen LogP contribution in [0.25, 0.3) is 21.8 Å². The van der Waals surface area contributed by atoms with Crippen molar-refractivity contribution in [1.82, 2.24) is 30.4 Å². The van der Waals surface area contributed by atoms with Crippen molar-refractivity contribution in [3.05, 3.63) is 70.4 Å². The van der Waals surface area contributed by atoms with Gasteiger partial charge in [-0.2, -0.15) is 5.10 Å². The molecule has 1 aliphatic heterocycles. The van der Waals surface area contributed by atoms with Gasteiger partial charge in [-0.3, -0.25) is 14.4 Å². The number of aromatic amines is 2. The maximum absolute atomic E-state index is 13.4. The second-order valence-corrected chi connectivity index (χ2v) is 9.75. The van der Waals surface area contributed by atoms with E-state index in [-0.39, 0.29) is 35.6 Å². The Morgan fingerprint density at radius 3 is 2.47 bits per heavy atom. The van der Waals surface area contributed by atoms with E-state index in [0.717, 1.165) is 29.7 Å². The van der Waals surface area contributed by atoms with Gasteiger partial charge in [0.2, 0.25) is 11.8 Å². The fourth-order valence-electron chi connectivity index (χ4n) is 4.93. The van der Waals surface area contributed by atoms with Crippen molar-refractivity contribution in [3.63, 3.8) is 0 Å². The number of likely N-dealkylation sites (tertiary alicyclic amines) is 1. The number of hydrogen-bond donors (Lipinski definition) is 3. The summed E-state index contributed by atoms with van der Waals surface area (Å²) in [6.45, 7) is 5.09. The van der Waals surface area contributed by atoms with Gasteiger partial charge in [0.1, 0.15) is 11.9 Å². The van der Waals surface area contributed by atoms with Crippen molar-refractivity contribution < 1.29 is 9.59 Å². The Morgan fingerprint density at radius 2 is 1.75 bits per heavy atom. The molecule has 0 radical (unpaired) electrons. The van der Waals surface area contributed by atoms with Crippen LogP contribution in [0, 0.1) is 5.92 Å². The fraction of sp³-hybridized carbons (Fsp3) is 0.370. The van der Waals surface area contributed by atoms with E-state index in [1.165, 1.54) is 0 Å². The number of nitrogens with one attached hydrogen (secondary N) is 3. The van der Waals surface area contributed by atoms with Crippen LogP contribution in [-0.2, 0) is 16.0 Å². The highest BCUT2D eigenvalue weighted by molar-refractivity contribution is 5.91. The van der Waals surface area contributed by atoms with Gasteiger partial charge >= 0.3 is 0 Å². The highest BCUT2D eigenvalue weighted by Crippen LogP contribution is 2.28. The molecule has 1 atom stereocenters. The molecular formula is C27H30N6O3. The quantitative estimate of drug-likeness (QED) is 0.387. The summed E-state index contributed by atoms with van der Waals surface area (Å²) in [6.07, 6.45) is 1.61. The third-order valence-corrected chi connectivity index (χ3v) is 6.95. The van der Waals surface area contributed by atoms with Crippen LogP contribution in [0.1, 0.15) is 44.1 Å². The van der Waals surface area contributed by atoms with Gasteiger partial charge in [-0.1, -0.05) is 44.2 Å². The van der Waals surface area contributed by atoms with Crippen molar-refractivity contribution >= 4 is 33.6 Å². The highest BCUT2D eigenvalue weighted by Gasteiger charge is 2.32. The van der Waals surface area contributed by atoms with Gasteiger partial charge in [-0.25, -0.2) is 10.1 Å². The molecule has 0 saturated carbocycles. The van der Waals surface area contributed by atoms with Gasteiger partial charge < -0.3 is 15.2 Å². The SMILES string of the molecule is CC(C)C(NC(=O)Cc1n[nH]c(=O)c2ccccc12)C(=O)N1CCC(c2nc3ccccc3[nH]2)CC1. The lowest BCUT2D eigenvalue weighted by molar-refractivity contribution is -0.138. The second kappa shape index (κ2) is 9.93. The molecule has 2 amide bonds. The van der Waals surface area contributed by atoms with E-state index < -0.39 is 6.04 Å². The first kappa shape index (κ1) is 23.7. The molecule has 2 aromatic carbocycles. The second-order valence-electron chi connectivity index (χ2n) is 9.75. The molecule has 1 unspecified atom stereocenters. The number of nitrogens with zero attached hydrogens (tertiary/aromatic N) is 3. The lowest BCUT2D eigenvalue weighted by Crippen LogP contribution is -2.53. The Balaban J connectivity index is 1.23. The summed E-state index contributed by atoms with van der Waals surface area (Å²) in [5, 5.41) is 10.6. The van der Waals surface area contributed by atoms with Gasteiger partial charge in [0.15, 0.2) is 0 Å². The minimum Gasteiger partial charge on any atom is -0.344 e. The first-order valence-electron chi connectivity index (χ1n) is 12.4. The maximum atomic E-state index is 13.4. The van der Waals surface area contributed by atoms with E-state index in [1.807, 2.05) is 43.0 Å². The lowest BCUT2D eigenvalue weighted by Gasteiger charge is -2.35. The molecular weight excluding hydrogens is 456 g/mol. The van der Waals surface area contributed by atoms with Crippen LogP contribution < -0.4 is 10.9 Å². The number of piperidine rings is 1. The average molecular weight is 487 g/mol. The van der Waals surface area contributed by atoms with Crippen molar-refractivity contribution in [2.24, 2.45) is 5.92 Å². The Labute approximate surface area is 208 Å². The summed E-state index contributed by atoms with van der Waals surface area (Å²) in [6, 6.07) is 14.4. The molecule has 1 saturated heterocycles. The standard InChI is InChI=1S/C27H30N6O3/c1-16(2)24(30-23(34)15-22-18-7-3-4-8-19(18)26(35)32-31-22)27(36)33-13-11-17(12-14-33)25-28-20-9-5-6-10-21(20)29-25/h3-10,16-17,24H,11-15H2,1-2H3,(H,28,29)(H,30,34)(H,32,35). The van der Waals surface area contributed by atoms with Crippen LogP contribution in [-0.4, -0.2) is 56.0 Å². The number of H-pyrrole nitrogens is 2. The van der Waals surface area contributed by atoms with E-state index in [0.29, 0.717) is 29.6 Å². The molecule has 36 heavy (non-hydrogen) atoms. The van der Waals surface area contributed by atoms with Crippen molar-refractivity contribution in [2.75, 3.05) is 13.1 Å². The largest absolute Gasteiger partial charge is 0.344 e. The zero-order chi connectivity index (χ0) is 25.2. The monoisotopic (exact) mass is 486 g/mol. The number of carbonyl (C=O) groups excluding carboxylic acids is 2. The first-order chi connectivity index (χ1) is 17.4. The fourth-order valence-corrected chi connectivity index (χ4v) is 4.93. The Bertz CT molecular complexity index is 1430. The van der Waals surface area contributed by atoms with E-state index in [4.69, 9.17) is 4.98 Å². The number of benzene rings is 2. The number of hydrogen-bond acceptors (Lipinski definition) is 5. The minimum atomic E-state index is -0.630. The highest BCUT2D eigenvalue weighted by atomic mass is 16.2. The molecule has 0 spiro atoms. The molecule has 1 fully saturated rings. The number of fused-ring (bicyclic) bond motifs is 2. The van der Waals surface area contributed by atoms with Crippen LogP contribution in [0.2, 0.25) is 0 Å². The van der Waals surface area contributed by atoms with Crippen LogP contribution in [0.5, 0.6) is 0 Å². The molecule has 1 aliphatic rings. The maximum Gasteiger partial charge on any atom is 0.272 e. The van der Waals surface area contributed by atoms with Crippen LogP contribution in [0.15, 0.2) is 53.3 Å². The summed E-state index contributed by atoms with van der Waals surface area (Å²) in [5.74, 6) is 0.796. The summed E-state index contributed by atoms with van der Waals surface area (Å²) >= 11 is 0. The molecule has 3 heterocycles. The van der Waals surface area contributed by atoms with Gasteiger partial charge in [0, 0.05) is 24.4 Å². The number of amides is 2. The zero-order valence-corrected chi connectivity index (χ0v) is 20.5. The molecule has 5 rings (SSSR count). The Hall–Kier alpha value is -4.01. The van der Waals surface area contributed by atoms with Crippen molar-refractivity contribution in [1.29, 1.82) is 0 Å². The smallest absolute Gasteiger partial charge is 0.272 e. The van der Waals surface area contributed by atoms with Gasteiger partial charge in [0.05, 0.1) is 28.5 Å². The molecule has 9 nitrogen and oxygen atoms in total. The molecule has 0 aliphatic carbocycles. The number of imidazole rings is 1. The number of aromatic nitrogens is 4. The third-order valence-electron chi connectivity index (χ3n) is 6.95. The number of rotatable bonds is 6. The Kier molecular flexibility index (Phi) is 6.54. The van der Waals surface area contributed by atoms with E-state index in [1.54, 1.807) is 24.3 Å². The van der Waals surface area contributed by atoms with Gasteiger partial charge in [-0.15, -0.1) is 0 Å². The predicted octanol–water partition coefficient (Wildman–Crippen LogP) is 2.89. The summed E-state index contributed by atoms with van der Waals surface area (Å²) in [7, 11) is 0. The topological polar surface area (TPSA) is 124 Å². The Morgan fingerprint density at radius 1 is 1.06 bits per heavy atom. The normalized spacial score (nSPS) is 15.5. The molecule has 186 valence electrons. The number of carbonyl (C=O) groups is 2. The van der Waals surface area contributed by atoms with Crippen LogP contribution in [0.3, 0.4) is 0 Å². The number of para-hydroxylation sites is 2. The molecule has 4 aromatic rings. The molecule has 9 heteroatoms. The predicted molar refractivity (Wildman–Crippen MR) is 137 cm³/mol. The average Bonchev–Trinajstić information content (AvgIpc) is 3.33. The van der Waals surface area contributed by atoms with Gasteiger partial charge in [0.25, 0.3) is 5.56 Å². The van der Waals surface area contributed by atoms with Crippen molar-refractivity contribution in [2.45, 2.75) is 45.1 Å². The summed E-state index contributed by atoms with van der Waals surface area (Å²) in [5.41, 5.74) is 2.16. The lowest BCUT2D eigenvalue weighted by atomic mass is 9.94. The van der Waals surface area contributed by atoms with Crippen LogP contribution >= 0.6 is 0 Å². The van der Waals surface area contributed by atoms with E-state index in [9.17, 15) is 14.4 Å². The summed E-state index contributed by atoms with van der Waals surface area (Å²) in [4.78, 5) is 48.4. The minimum absolute atomic E-state index is 0.0259. The third kappa shape index (κ3) is 4.73. The molecule has 2 aromatic heterocycles.